The molecule has 0 fully saturated rings. The third-order valence-electron chi connectivity index (χ3n) is 5.00. The molecule has 0 radical (unpaired) electrons. The van der Waals surface area contributed by atoms with Crippen LogP contribution in [-0.4, -0.2) is 17.9 Å². The number of nitrogens with zero attached hydrogens (tertiary/aromatic N) is 1. The Morgan fingerprint density at radius 1 is 0.786 bits per heavy atom. The fraction of sp³-hybridized carbons (Fsp3) is 0.115. The van der Waals surface area contributed by atoms with Crippen LogP contribution in [0.25, 0.3) is 0 Å². The van der Waals surface area contributed by atoms with Crippen molar-refractivity contribution in [3.8, 4) is 0 Å². The molecule has 0 heterocycles. The van der Waals surface area contributed by atoms with Crippen LogP contribution in [0.2, 0.25) is 0 Å². The second-order valence-corrected chi connectivity index (χ2v) is 9.23. The highest BCUT2D eigenvalue weighted by molar-refractivity contribution is 7.74. The zero-order chi connectivity index (χ0) is 19.2. The molecule has 1 nitrogen and oxygen atoms in total. The maximum atomic E-state index is 4.87. The molecule has 1 aliphatic carbocycles. The number of hydrogen-bond donors (Lipinski definition) is 0. The first kappa shape index (κ1) is 18.6. The summed E-state index contributed by atoms with van der Waals surface area (Å²) in [5.41, 5.74) is 2.92. The first-order valence-corrected chi connectivity index (χ1v) is 11.1. The van der Waals surface area contributed by atoms with Crippen LogP contribution in [0.4, 0.5) is 0 Å². The van der Waals surface area contributed by atoms with E-state index < -0.39 is 7.92 Å². The van der Waals surface area contributed by atoms with E-state index in [1.807, 2.05) is 12.3 Å². The second-order valence-electron chi connectivity index (χ2n) is 6.90. The van der Waals surface area contributed by atoms with Crippen LogP contribution in [0.5, 0.6) is 0 Å². The highest BCUT2D eigenvalue weighted by Crippen LogP contribution is 2.46. The highest BCUT2D eigenvalue weighted by Gasteiger charge is 2.29. The van der Waals surface area contributed by atoms with Crippen molar-refractivity contribution >= 4 is 24.7 Å². The molecule has 0 aliphatic heterocycles. The molecule has 0 amide bonds. The summed E-state index contributed by atoms with van der Waals surface area (Å²) in [6, 6.07) is 32.3. The molecule has 0 aromatic heterocycles. The summed E-state index contributed by atoms with van der Waals surface area (Å²) in [6.07, 6.45) is 8.82. The number of allylic oxidation sites excluding steroid dienone is 3. The van der Waals surface area contributed by atoms with Gasteiger partial charge in [-0.3, -0.25) is 4.99 Å². The standard InChI is InChI=1S/C26H24NP/c1-21(27-20-22-12-5-2-6-13-22)25-18-11-19-26(25)28(23-14-7-3-8-15-23)24-16-9-4-10-17-24/h2-21,26H,1H3/t21-,26?/m0/s1. The van der Waals surface area contributed by atoms with Crippen molar-refractivity contribution in [3.63, 3.8) is 0 Å². The Labute approximate surface area is 168 Å². The lowest BCUT2D eigenvalue weighted by Gasteiger charge is -2.28. The van der Waals surface area contributed by atoms with Gasteiger partial charge in [0.25, 0.3) is 0 Å². The van der Waals surface area contributed by atoms with Gasteiger partial charge in [-0.05, 0) is 36.6 Å². The van der Waals surface area contributed by atoms with Crippen molar-refractivity contribution < 1.29 is 0 Å². The van der Waals surface area contributed by atoms with Crippen molar-refractivity contribution in [2.24, 2.45) is 4.99 Å². The van der Waals surface area contributed by atoms with Crippen molar-refractivity contribution in [1.29, 1.82) is 0 Å². The monoisotopic (exact) mass is 381 g/mol. The van der Waals surface area contributed by atoms with Crippen LogP contribution in [0.1, 0.15) is 12.5 Å². The van der Waals surface area contributed by atoms with Gasteiger partial charge in [0.15, 0.2) is 0 Å². The first-order chi connectivity index (χ1) is 13.8. The number of hydrogen-bond acceptors (Lipinski definition) is 1. The smallest absolute Gasteiger partial charge is 0.0693 e. The van der Waals surface area contributed by atoms with E-state index in [1.54, 1.807) is 0 Å². The molecule has 3 aromatic rings. The lowest BCUT2D eigenvalue weighted by Crippen LogP contribution is -2.24. The van der Waals surface area contributed by atoms with Crippen LogP contribution in [0.15, 0.2) is 120 Å². The molecule has 2 heteroatoms. The Hall–Kier alpha value is -2.76. The van der Waals surface area contributed by atoms with Gasteiger partial charge in [0.2, 0.25) is 0 Å². The molecule has 2 atom stereocenters. The van der Waals surface area contributed by atoms with Gasteiger partial charge < -0.3 is 0 Å². The molecule has 138 valence electrons. The molecule has 1 aliphatic rings. The average molecular weight is 381 g/mol. The predicted molar refractivity (Wildman–Crippen MR) is 124 cm³/mol. The summed E-state index contributed by atoms with van der Waals surface area (Å²) in [7, 11) is -0.518. The van der Waals surface area contributed by atoms with Crippen LogP contribution in [-0.2, 0) is 0 Å². The lowest BCUT2D eigenvalue weighted by molar-refractivity contribution is 0.851. The van der Waals surface area contributed by atoms with E-state index in [2.05, 4.69) is 110 Å². The molecule has 0 saturated carbocycles. The SMILES string of the molecule is C[C@H](N=Cc1ccccc1)C1=CC=CC1P(c1ccccc1)c1ccccc1. The number of aliphatic imine (C=N–C) groups is 1. The van der Waals surface area contributed by atoms with Gasteiger partial charge in [-0.15, -0.1) is 0 Å². The van der Waals surface area contributed by atoms with Crippen molar-refractivity contribution in [2.75, 3.05) is 0 Å². The zero-order valence-electron chi connectivity index (χ0n) is 16.0. The van der Waals surface area contributed by atoms with Gasteiger partial charge in [-0.1, -0.05) is 109 Å². The van der Waals surface area contributed by atoms with E-state index in [0.717, 1.165) is 5.56 Å². The van der Waals surface area contributed by atoms with Gasteiger partial charge in [0.05, 0.1) is 6.04 Å². The third kappa shape index (κ3) is 4.21. The molecule has 0 bridgehead atoms. The lowest BCUT2D eigenvalue weighted by atomic mass is 10.1. The Kier molecular flexibility index (Phi) is 5.95. The fourth-order valence-electron chi connectivity index (χ4n) is 3.57. The van der Waals surface area contributed by atoms with Crippen molar-refractivity contribution in [3.05, 3.63) is 120 Å². The summed E-state index contributed by atoms with van der Waals surface area (Å²) in [4.78, 5) is 4.87. The molecule has 28 heavy (non-hydrogen) atoms. The molecule has 0 saturated heterocycles. The Bertz CT molecular complexity index is 935. The van der Waals surface area contributed by atoms with E-state index in [1.165, 1.54) is 16.2 Å². The first-order valence-electron chi connectivity index (χ1n) is 9.69. The Balaban J connectivity index is 1.64. The highest BCUT2D eigenvalue weighted by atomic mass is 31.1. The predicted octanol–water partition coefficient (Wildman–Crippen LogP) is 5.49. The van der Waals surface area contributed by atoms with E-state index in [9.17, 15) is 0 Å². The largest absolute Gasteiger partial charge is 0.285 e. The normalized spacial score (nSPS) is 17.2. The van der Waals surface area contributed by atoms with Crippen LogP contribution in [0.3, 0.4) is 0 Å². The van der Waals surface area contributed by atoms with Crippen LogP contribution in [0, 0.1) is 0 Å². The van der Waals surface area contributed by atoms with Gasteiger partial charge in [-0.25, -0.2) is 0 Å². The average Bonchev–Trinajstić information content (AvgIpc) is 3.24. The Morgan fingerprint density at radius 2 is 1.32 bits per heavy atom. The van der Waals surface area contributed by atoms with Crippen molar-refractivity contribution in [2.45, 2.75) is 18.6 Å². The number of benzene rings is 3. The summed E-state index contributed by atoms with van der Waals surface area (Å²) in [5, 5.41) is 2.82. The van der Waals surface area contributed by atoms with Crippen LogP contribution >= 0.6 is 7.92 Å². The minimum Gasteiger partial charge on any atom is -0.285 e. The van der Waals surface area contributed by atoms with Gasteiger partial charge in [0, 0.05) is 11.9 Å². The molecular formula is C26H24NP. The summed E-state index contributed by atoms with van der Waals surface area (Å²) < 4.78 is 0. The van der Waals surface area contributed by atoms with E-state index in [4.69, 9.17) is 4.99 Å². The molecule has 0 spiro atoms. The second kappa shape index (κ2) is 8.95. The quantitative estimate of drug-likeness (QED) is 0.395. The fourth-order valence-corrected chi connectivity index (χ4v) is 6.37. The third-order valence-corrected chi connectivity index (χ3v) is 7.74. The summed E-state index contributed by atoms with van der Waals surface area (Å²) >= 11 is 0. The zero-order valence-corrected chi connectivity index (χ0v) is 16.9. The summed E-state index contributed by atoms with van der Waals surface area (Å²) in [6.45, 7) is 2.20. The summed E-state index contributed by atoms with van der Waals surface area (Å²) in [5.74, 6) is 0. The Morgan fingerprint density at radius 3 is 1.89 bits per heavy atom. The van der Waals surface area contributed by atoms with E-state index >= 15 is 0 Å². The van der Waals surface area contributed by atoms with Crippen molar-refractivity contribution in [1.82, 2.24) is 0 Å². The number of rotatable bonds is 6. The maximum Gasteiger partial charge on any atom is 0.0693 e. The molecule has 1 unspecified atom stereocenters. The maximum absolute atomic E-state index is 4.87. The molecule has 3 aromatic carbocycles. The molecule has 0 N–H and O–H groups in total. The minimum absolute atomic E-state index is 0.151. The van der Waals surface area contributed by atoms with E-state index in [0.29, 0.717) is 5.66 Å². The molecular weight excluding hydrogens is 357 g/mol. The van der Waals surface area contributed by atoms with E-state index in [-0.39, 0.29) is 6.04 Å². The van der Waals surface area contributed by atoms with Crippen LogP contribution < -0.4 is 10.6 Å². The molecule has 4 rings (SSSR count). The minimum atomic E-state index is -0.518. The topological polar surface area (TPSA) is 12.4 Å². The van der Waals surface area contributed by atoms with Gasteiger partial charge in [0.1, 0.15) is 0 Å². The van der Waals surface area contributed by atoms with Gasteiger partial charge in [-0.2, -0.15) is 0 Å². The van der Waals surface area contributed by atoms with Gasteiger partial charge >= 0.3 is 0 Å².